The minimum Gasteiger partial charge on any atom is -0.384 e. The molecular weight excluding hydrogens is 336 g/mol. The van der Waals surface area contributed by atoms with Crippen LogP contribution in [0.1, 0.15) is 28.4 Å². The van der Waals surface area contributed by atoms with Gasteiger partial charge in [-0.25, -0.2) is 0 Å². The zero-order chi connectivity index (χ0) is 19.3. The van der Waals surface area contributed by atoms with E-state index in [9.17, 15) is 9.90 Å². The van der Waals surface area contributed by atoms with Gasteiger partial charge in [-0.05, 0) is 47.9 Å². The minimum absolute atomic E-state index is 0.0799. The van der Waals surface area contributed by atoms with Crippen molar-refractivity contribution in [2.24, 2.45) is 0 Å². The lowest BCUT2D eigenvalue weighted by atomic mass is 9.93. The summed E-state index contributed by atoms with van der Waals surface area (Å²) in [5.41, 5.74) is 2.65. The lowest BCUT2D eigenvalue weighted by Crippen LogP contribution is -2.38. The van der Waals surface area contributed by atoms with E-state index in [1.807, 2.05) is 60.7 Å². The van der Waals surface area contributed by atoms with E-state index in [2.05, 4.69) is 5.32 Å². The van der Waals surface area contributed by atoms with Gasteiger partial charge >= 0.3 is 0 Å². The van der Waals surface area contributed by atoms with Crippen molar-refractivity contribution in [1.82, 2.24) is 5.32 Å². The fraction of sp³-hybridized carbons (Fsp3) is 0.130. The van der Waals surface area contributed by atoms with Gasteiger partial charge < -0.3 is 10.4 Å². The Bertz CT molecular complexity index is 954. The molecule has 0 aromatic heterocycles. The van der Waals surface area contributed by atoms with Gasteiger partial charge in [-0.15, -0.1) is 0 Å². The van der Waals surface area contributed by atoms with Gasteiger partial charge in [0.25, 0.3) is 5.91 Å². The summed E-state index contributed by atoms with van der Waals surface area (Å²) in [6, 6.07) is 26.1. The van der Waals surface area contributed by atoms with E-state index >= 15 is 0 Å². The van der Waals surface area contributed by atoms with Crippen LogP contribution in [0.25, 0.3) is 11.1 Å². The molecule has 0 saturated carbocycles. The normalized spacial score (nSPS) is 12.6. The maximum atomic E-state index is 12.3. The molecule has 0 aliphatic rings. The molecule has 1 atom stereocenters. The highest BCUT2D eigenvalue weighted by molar-refractivity contribution is 5.94. The molecule has 27 heavy (non-hydrogen) atoms. The van der Waals surface area contributed by atoms with E-state index in [0.717, 1.165) is 16.7 Å². The lowest BCUT2D eigenvalue weighted by molar-refractivity contribution is 0.0526. The molecule has 3 aromatic rings. The van der Waals surface area contributed by atoms with Crippen LogP contribution in [-0.4, -0.2) is 17.6 Å². The summed E-state index contributed by atoms with van der Waals surface area (Å²) in [5.74, 6) is -0.291. The van der Waals surface area contributed by atoms with Gasteiger partial charge in [-0.1, -0.05) is 54.6 Å². The van der Waals surface area contributed by atoms with Crippen molar-refractivity contribution in [3.63, 3.8) is 0 Å². The molecule has 0 radical (unpaired) electrons. The minimum atomic E-state index is -1.20. The zero-order valence-electron chi connectivity index (χ0n) is 15.0. The summed E-state index contributed by atoms with van der Waals surface area (Å²) >= 11 is 0. The SMILES string of the molecule is C[C@](O)(CNC(=O)c1ccc(C#N)cc1)c1ccc(-c2ccccc2)cc1. The van der Waals surface area contributed by atoms with E-state index in [1.54, 1.807) is 31.2 Å². The molecule has 134 valence electrons. The number of hydrogen-bond donors (Lipinski definition) is 2. The first-order valence-corrected chi connectivity index (χ1v) is 8.66. The van der Waals surface area contributed by atoms with Gasteiger partial charge in [-0.2, -0.15) is 5.26 Å². The number of rotatable bonds is 5. The smallest absolute Gasteiger partial charge is 0.251 e. The molecule has 0 aliphatic carbocycles. The summed E-state index contributed by atoms with van der Waals surface area (Å²) in [4.78, 5) is 12.3. The Kier molecular flexibility index (Phi) is 5.35. The Morgan fingerprint density at radius 1 is 0.963 bits per heavy atom. The Morgan fingerprint density at radius 2 is 1.56 bits per heavy atom. The van der Waals surface area contributed by atoms with Crippen molar-refractivity contribution in [2.75, 3.05) is 6.54 Å². The summed E-state index contributed by atoms with van der Waals surface area (Å²) in [5, 5.41) is 22.3. The summed E-state index contributed by atoms with van der Waals surface area (Å²) in [6.07, 6.45) is 0. The van der Waals surface area contributed by atoms with Crippen LogP contribution in [0.2, 0.25) is 0 Å². The molecule has 0 bridgehead atoms. The first-order valence-electron chi connectivity index (χ1n) is 8.66. The van der Waals surface area contributed by atoms with Crippen LogP contribution in [0.4, 0.5) is 0 Å². The third kappa shape index (κ3) is 4.41. The van der Waals surface area contributed by atoms with Crippen molar-refractivity contribution < 1.29 is 9.90 Å². The van der Waals surface area contributed by atoms with E-state index in [-0.39, 0.29) is 12.5 Å². The molecule has 0 saturated heterocycles. The molecule has 3 aromatic carbocycles. The van der Waals surface area contributed by atoms with Crippen molar-refractivity contribution in [3.05, 3.63) is 95.6 Å². The molecule has 0 aliphatic heterocycles. The second-order valence-corrected chi connectivity index (χ2v) is 6.59. The molecule has 0 spiro atoms. The highest BCUT2D eigenvalue weighted by Crippen LogP contribution is 2.24. The first-order chi connectivity index (χ1) is 13.0. The van der Waals surface area contributed by atoms with Crippen LogP contribution < -0.4 is 5.32 Å². The first kappa shape index (κ1) is 18.4. The summed E-state index contributed by atoms with van der Waals surface area (Å²) in [6.45, 7) is 1.75. The summed E-state index contributed by atoms with van der Waals surface area (Å²) in [7, 11) is 0. The monoisotopic (exact) mass is 356 g/mol. The van der Waals surface area contributed by atoms with Crippen LogP contribution in [-0.2, 0) is 5.60 Å². The molecule has 0 heterocycles. The topological polar surface area (TPSA) is 73.1 Å². The molecule has 0 fully saturated rings. The Hall–Kier alpha value is -3.42. The van der Waals surface area contributed by atoms with Gasteiger partial charge in [0.15, 0.2) is 0 Å². The standard InChI is InChI=1S/C23H20N2O2/c1-23(27,16-25-22(26)20-9-7-17(15-24)8-10-20)21-13-11-19(12-14-21)18-5-3-2-4-6-18/h2-14,27H,16H2,1H3,(H,25,26)/t23-/m0/s1. The van der Waals surface area contributed by atoms with E-state index in [0.29, 0.717) is 11.1 Å². The molecular formula is C23H20N2O2. The fourth-order valence-corrected chi connectivity index (χ4v) is 2.80. The van der Waals surface area contributed by atoms with E-state index in [1.165, 1.54) is 0 Å². The molecule has 0 unspecified atom stereocenters. The maximum absolute atomic E-state index is 12.3. The number of nitriles is 1. The lowest BCUT2D eigenvalue weighted by Gasteiger charge is -2.24. The Labute approximate surface area is 158 Å². The number of aliphatic hydroxyl groups is 1. The van der Waals surface area contributed by atoms with Gasteiger partial charge in [0.05, 0.1) is 18.2 Å². The molecule has 1 amide bonds. The number of nitrogens with zero attached hydrogens (tertiary/aromatic N) is 1. The third-order valence-corrected chi connectivity index (χ3v) is 4.48. The van der Waals surface area contributed by atoms with E-state index in [4.69, 9.17) is 5.26 Å². The number of nitrogens with one attached hydrogen (secondary N) is 1. The van der Waals surface area contributed by atoms with Crippen LogP contribution in [0.15, 0.2) is 78.9 Å². The highest BCUT2D eigenvalue weighted by Gasteiger charge is 2.24. The van der Waals surface area contributed by atoms with Crippen molar-refractivity contribution in [2.45, 2.75) is 12.5 Å². The van der Waals surface area contributed by atoms with Crippen LogP contribution in [0.5, 0.6) is 0 Å². The van der Waals surface area contributed by atoms with Crippen LogP contribution in [0, 0.1) is 11.3 Å². The zero-order valence-corrected chi connectivity index (χ0v) is 15.0. The number of hydrogen-bond acceptors (Lipinski definition) is 3. The van der Waals surface area contributed by atoms with Crippen molar-refractivity contribution in [1.29, 1.82) is 5.26 Å². The Balaban J connectivity index is 1.67. The van der Waals surface area contributed by atoms with Gasteiger partial charge in [0.1, 0.15) is 5.60 Å². The second-order valence-electron chi connectivity index (χ2n) is 6.59. The number of carbonyl (C=O) groups excluding carboxylic acids is 1. The third-order valence-electron chi connectivity index (χ3n) is 4.48. The van der Waals surface area contributed by atoms with Crippen LogP contribution in [0.3, 0.4) is 0 Å². The van der Waals surface area contributed by atoms with Gasteiger partial charge in [-0.3, -0.25) is 4.79 Å². The van der Waals surface area contributed by atoms with E-state index < -0.39 is 5.60 Å². The fourth-order valence-electron chi connectivity index (χ4n) is 2.80. The molecule has 4 heteroatoms. The highest BCUT2D eigenvalue weighted by atomic mass is 16.3. The maximum Gasteiger partial charge on any atom is 0.251 e. The number of amides is 1. The predicted molar refractivity (Wildman–Crippen MR) is 105 cm³/mol. The van der Waals surface area contributed by atoms with Gasteiger partial charge in [0, 0.05) is 5.56 Å². The van der Waals surface area contributed by atoms with Crippen molar-refractivity contribution >= 4 is 5.91 Å². The summed E-state index contributed by atoms with van der Waals surface area (Å²) < 4.78 is 0. The molecule has 4 nitrogen and oxygen atoms in total. The Morgan fingerprint density at radius 3 is 2.15 bits per heavy atom. The molecule has 2 N–H and O–H groups in total. The average Bonchev–Trinajstić information content (AvgIpc) is 2.73. The predicted octanol–water partition coefficient (Wildman–Crippen LogP) is 3.86. The second kappa shape index (κ2) is 7.86. The van der Waals surface area contributed by atoms with Crippen LogP contribution >= 0.6 is 0 Å². The quantitative estimate of drug-likeness (QED) is 0.729. The largest absolute Gasteiger partial charge is 0.384 e. The average molecular weight is 356 g/mol. The van der Waals surface area contributed by atoms with Gasteiger partial charge in [0.2, 0.25) is 0 Å². The number of carbonyl (C=O) groups is 1. The van der Waals surface area contributed by atoms with Crippen molar-refractivity contribution in [3.8, 4) is 17.2 Å². The number of benzene rings is 3. The molecule has 3 rings (SSSR count).